The van der Waals surface area contributed by atoms with E-state index in [1.807, 2.05) is 85.0 Å². The molecule has 0 bridgehead atoms. The fourth-order valence-corrected chi connectivity index (χ4v) is 2.38. The molecule has 0 radical (unpaired) electrons. The van der Waals surface area contributed by atoms with Gasteiger partial charge in [-0.2, -0.15) is 0 Å². The molecular formula is C25H24O2. The van der Waals surface area contributed by atoms with Gasteiger partial charge in [0.2, 0.25) is 0 Å². The third-order valence-electron chi connectivity index (χ3n) is 3.72. The Morgan fingerprint density at radius 1 is 0.593 bits per heavy atom. The van der Waals surface area contributed by atoms with E-state index in [9.17, 15) is 9.59 Å². The zero-order chi connectivity index (χ0) is 19.2. The highest BCUT2D eigenvalue weighted by Gasteiger charge is 2.02. The summed E-state index contributed by atoms with van der Waals surface area (Å²) in [5, 5.41) is 0. The summed E-state index contributed by atoms with van der Waals surface area (Å²) in [4.78, 5) is 23.6. The van der Waals surface area contributed by atoms with Gasteiger partial charge in [-0.3, -0.25) is 9.59 Å². The smallest absolute Gasteiger partial charge is 0.163 e. The molecule has 0 N–H and O–H groups in total. The highest BCUT2D eigenvalue weighted by Crippen LogP contribution is 2.03. The Bertz CT molecular complexity index is 754. The predicted molar refractivity (Wildman–Crippen MR) is 113 cm³/mol. The van der Waals surface area contributed by atoms with Crippen LogP contribution in [0.2, 0.25) is 0 Å². The van der Waals surface area contributed by atoms with Crippen LogP contribution >= 0.6 is 0 Å². The van der Waals surface area contributed by atoms with Crippen molar-refractivity contribution in [2.24, 2.45) is 0 Å². The third-order valence-corrected chi connectivity index (χ3v) is 3.72. The van der Waals surface area contributed by atoms with Crippen LogP contribution in [0.5, 0.6) is 0 Å². The molecule has 0 amide bonds. The lowest BCUT2D eigenvalue weighted by atomic mass is 10.1. The maximum Gasteiger partial charge on any atom is 0.163 e. The van der Waals surface area contributed by atoms with Crippen LogP contribution in [-0.4, -0.2) is 11.6 Å². The van der Waals surface area contributed by atoms with Gasteiger partial charge in [0, 0.05) is 0 Å². The highest BCUT2D eigenvalue weighted by molar-refractivity contribution is 6.08. The van der Waals surface area contributed by atoms with Gasteiger partial charge in [-0.1, -0.05) is 97.1 Å². The average molecular weight is 356 g/mol. The molecule has 2 nitrogen and oxygen atoms in total. The van der Waals surface area contributed by atoms with Crippen molar-refractivity contribution in [3.8, 4) is 0 Å². The fourth-order valence-electron chi connectivity index (χ4n) is 2.38. The van der Waals surface area contributed by atoms with E-state index in [1.165, 1.54) is 12.2 Å². The first kappa shape index (κ1) is 20.1. The van der Waals surface area contributed by atoms with Crippen LogP contribution in [0.3, 0.4) is 0 Å². The van der Waals surface area contributed by atoms with Gasteiger partial charge < -0.3 is 0 Å². The molecule has 0 saturated heterocycles. The number of hydrogen-bond donors (Lipinski definition) is 0. The number of hydrogen-bond acceptors (Lipinski definition) is 2. The van der Waals surface area contributed by atoms with Crippen LogP contribution in [0.15, 0.2) is 97.1 Å². The SMILES string of the molecule is O=C(/C=C/C/C=C/c1ccccc1)CC(=O)/C=C/C/C=C/c1ccccc1. The van der Waals surface area contributed by atoms with Crippen molar-refractivity contribution in [1.29, 1.82) is 0 Å². The molecule has 136 valence electrons. The predicted octanol–water partition coefficient (Wildman–Crippen LogP) is 5.83. The van der Waals surface area contributed by atoms with Crippen molar-refractivity contribution in [2.75, 3.05) is 0 Å². The lowest BCUT2D eigenvalue weighted by molar-refractivity contribution is -0.121. The second-order valence-corrected chi connectivity index (χ2v) is 6.01. The summed E-state index contributed by atoms with van der Waals surface area (Å²) in [6, 6.07) is 20.0. The van der Waals surface area contributed by atoms with E-state index < -0.39 is 0 Å². The molecule has 0 aromatic heterocycles. The van der Waals surface area contributed by atoms with Crippen LogP contribution < -0.4 is 0 Å². The lowest BCUT2D eigenvalue weighted by Crippen LogP contribution is -2.01. The minimum Gasteiger partial charge on any atom is -0.294 e. The van der Waals surface area contributed by atoms with Crippen molar-refractivity contribution in [2.45, 2.75) is 19.3 Å². The van der Waals surface area contributed by atoms with Crippen molar-refractivity contribution in [1.82, 2.24) is 0 Å². The number of benzene rings is 2. The fraction of sp³-hybridized carbons (Fsp3) is 0.120. The van der Waals surface area contributed by atoms with E-state index >= 15 is 0 Å². The Morgan fingerprint density at radius 2 is 1.00 bits per heavy atom. The van der Waals surface area contributed by atoms with Crippen LogP contribution in [0, 0.1) is 0 Å². The summed E-state index contributed by atoms with van der Waals surface area (Å²) in [5.41, 5.74) is 2.25. The Kier molecular flexibility index (Phi) is 9.03. The number of carbonyl (C=O) groups is 2. The van der Waals surface area contributed by atoms with E-state index in [0.717, 1.165) is 11.1 Å². The van der Waals surface area contributed by atoms with Gasteiger partial charge in [0.15, 0.2) is 11.6 Å². The molecule has 0 aliphatic carbocycles. The van der Waals surface area contributed by atoms with Gasteiger partial charge in [0.05, 0.1) is 6.42 Å². The first-order chi connectivity index (χ1) is 13.2. The number of ketones is 2. The number of allylic oxidation sites excluding steroid dienone is 6. The summed E-state index contributed by atoms with van der Waals surface area (Å²) >= 11 is 0. The largest absolute Gasteiger partial charge is 0.294 e. The zero-order valence-corrected chi connectivity index (χ0v) is 15.3. The van der Waals surface area contributed by atoms with Crippen LogP contribution in [0.1, 0.15) is 30.4 Å². The second-order valence-electron chi connectivity index (χ2n) is 6.01. The maximum absolute atomic E-state index is 11.8. The second kappa shape index (κ2) is 12.2. The number of rotatable bonds is 10. The van der Waals surface area contributed by atoms with Gasteiger partial charge in [-0.05, 0) is 36.1 Å². The first-order valence-electron chi connectivity index (χ1n) is 9.06. The topological polar surface area (TPSA) is 34.1 Å². The monoisotopic (exact) mass is 356 g/mol. The van der Waals surface area contributed by atoms with E-state index in [1.54, 1.807) is 12.2 Å². The van der Waals surface area contributed by atoms with Crippen molar-refractivity contribution < 1.29 is 9.59 Å². The molecule has 0 heterocycles. The molecule has 2 heteroatoms. The van der Waals surface area contributed by atoms with Crippen LogP contribution in [0.25, 0.3) is 12.2 Å². The highest BCUT2D eigenvalue weighted by atomic mass is 16.1. The Morgan fingerprint density at radius 3 is 1.41 bits per heavy atom. The minimum atomic E-state index is -0.169. The van der Waals surface area contributed by atoms with E-state index in [4.69, 9.17) is 0 Å². The molecule has 27 heavy (non-hydrogen) atoms. The summed E-state index contributed by atoms with van der Waals surface area (Å²) in [7, 11) is 0. The molecule has 2 rings (SSSR count). The van der Waals surface area contributed by atoms with Gasteiger partial charge in [0.1, 0.15) is 0 Å². The molecule has 2 aromatic carbocycles. The minimum absolute atomic E-state index is 0.0855. The van der Waals surface area contributed by atoms with Gasteiger partial charge >= 0.3 is 0 Å². The number of carbonyl (C=O) groups excluding carboxylic acids is 2. The van der Waals surface area contributed by atoms with Gasteiger partial charge in [-0.15, -0.1) is 0 Å². The standard InChI is InChI=1S/C25H24O2/c26-24(19-11-3-9-17-22-13-5-1-6-14-22)21-25(27)20-12-4-10-18-23-15-7-2-8-16-23/h1-2,5-20H,3-4,21H2/b17-9+,18-10+,19-11+,20-12+. The van der Waals surface area contributed by atoms with Gasteiger partial charge in [0.25, 0.3) is 0 Å². The molecular weight excluding hydrogens is 332 g/mol. The summed E-state index contributed by atoms with van der Waals surface area (Å²) in [5.74, 6) is -0.338. The molecule has 0 atom stereocenters. The van der Waals surface area contributed by atoms with Crippen molar-refractivity contribution >= 4 is 23.7 Å². The third kappa shape index (κ3) is 9.13. The summed E-state index contributed by atoms with van der Waals surface area (Å²) in [6.07, 6.45) is 15.7. The zero-order valence-electron chi connectivity index (χ0n) is 15.3. The van der Waals surface area contributed by atoms with Gasteiger partial charge in [-0.25, -0.2) is 0 Å². The van der Waals surface area contributed by atoms with E-state index in [-0.39, 0.29) is 18.0 Å². The summed E-state index contributed by atoms with van der Waals surface area (Å²) < 4.78 is 0. The van der Waals surface area contributed by atoms with Crippen LogP contribution in [-0.2, 0) is 9.59 Å². The maximum atomic E-state index is 11.8. The molecule has 0 fully saturated rings. The van der Waals surface area contributed by atoms with Crippen molar-refractivity contribution in [3.05, 3.63) is 108 Å². The average Bonchev–Trinajstić information content (AvgIpc) is 2.69. The molecule has 0 aliphatic heterocycles. The normalized spacial score (nSPS) is 11.9. The lowest BCUT2D eigenvalue weighted by Gasteiger charge is -1.92. The molecule has 0 spiro atoms. The Balaban J connectivity index is 1.65. The van der Waals surface area contributed by atoms with Crippen LogP contribution in [0.4, 0.5) is 0 Å². The first-order valence-corrected chi connectivity index (χ1v) is 9.06. The van der Waals surface area contributed by atoms with E-state index in [0.29, 0.717) is 12.8 Å². The molecule has 0 unspecified atom stereocenters. The quantitative estimate of drug-likeness (QED) is 0.396. The van der Waals surface area contributed by atoms with E-state index in [2.05, 4.69) is 0 Å². The molecule has 0 aliphatic rings. The molecule has 0 saturated carbocycles. The molecule has 2 aromatic rings. The summed E-state index contributed by atoms with van der Waals surface area (Å²) in [6.45, 7) is 0. The Hall–Kier alpha value is -3.26. The Labute approximate surface area is 161 Å². The van der Waals surface area contributed by atoms with Crippen molar-refractivity contribution in [3.63, 3.8) is 0 Å².